The van der Waals surface area contributed by atoms with Crippen LogP contribution in [0.5, 0.6) is 0 Å². The molecule has 1 aromatic carbocycles. The SMILES string of the molecule is CCOC(=O)C(C)(CC#N)c1ccccc1. The van der Waals surface area contributed by atoms with Gasteiger partial charge in [0.2, 0.25) is 0 Å². The molecule has 1 atom stereocenters. The molecule has 0 amide bonds. The van der Waals surface area contributed by atoms with Crippen LogP contribution in [-0.4, -0.2) is 12.6 Å². The summed E-state index contributed by atoms with van der Waals surface area (Å²) < 4.78 is 5.02. The quantitative estimate of drug-likeness (QED) is 0.728. The molecule has 1 unspecified atom stereocenters. The summed E-state index contributed by atoms with van der Waals surface area (Å²) in [6, 6.07) is 11.3. The molecule has 0 bridgehead atoms. The van der Waals surface area contributed by atoms with Crippen molar-refractivity contribution in [3.63, 3.8) is 0 Å². The van der Waals surface area contributed by atoms with Crippen molar-refractivity contribution in [1.29, 1.82) is 5.26 Å². The van der Waals surface area contributed by atoms with Gasteiger partial charge in [-0.05, 0) is 19.4 Å². The molecular formula is C13H15NO2. The lowest BCUT2D eigenvalue weighted by Crippen LogP contribution is -2.34. The van der Waals surface area contributed by atoms with Gasteiger partial charge in [-0.3, -0.25) is 4.79 Å². The van der Waals surface area contributed by atoms with Gasteiger partial charge in [0.1, 0.15) is 5.41 Å². The molecule has 0 aromatic heterocycles. The first-order valence-electron chi connectivity index (χ1n) is 5.25. The molecule has 0 aliphatic rings. The summed E-state index contributed by atoms with van der Waals surface area (Å²) in [7, 11) is 0. The molecule has 3 nitrogen and oxygen atoms in total. The molecule has 0 aliphatic heterocycles. The minimum absolute atomic E-state index is 0.121. The zero-order chi connectivity index (χ0) is 12.0. The van der Waals surface area contributed by atoms with Gasteiger partial charge in [0, 0.05) is 0 Å². The Hall–Kier alpha value is -1.82. The molecule has 1 rings (SSSR count). The number of carbonyl (C=O) groups is 1. The lowest BCUT2D eigenvalue weighted by atomic mass is 9.80. The number of rotatable bonds is 4. The number of nitrogens with zero attached hydrogens (tertiary/aromatic N) is 1. The molecule has 0 saturated carbocycles. The second kappa shape index (κ2) is 5.32. The minimum Gasteiger partial charge on any atom is -0.465 e. The maximum atomic E-state index is 11.9. The molecule has 0 spiro atoms. The van der Waals surface area contributed by atoms with Crippen molar-refractivity contribution in [1.82, 2.24) is 0 Å². The van der Waals surface area contributed by atoms with Crippen LogP contribution in [0.2, 0.25) is 0 Å². The Balaban J connectivity index is 3.07. The van der Waals surface area contributed by atoms with Gasteiger partial charge >= 0.3 is 5.97 Å². The molecule has 16 heavy (non-hydrogen) atoms. The van der Waals surface area contributed by atoms with E-state index in [4.69, 9.17) is 10.00 Å². The first-order chi connectivity index (χ1) is 7.65. The second-order valence-corrected chi connectivity index (χ2v) is 3.75. The molecule has 0 saturated heterocycles. The molecule has 0 heterocycles. The summed E-state index contributed by atoms with van der Waals surface area (Å²) >= 11 is 0. The maximum absolute atomic E-state index is 11.9. The second-order valence-electron chi connectivity index (χ2n) is 3.75. The van der Waals surface area contributed by atoms with Crippen LogP contribution in [0.3, 0.4) is 0 Å². The van der Waals surface area contributed by atoms with Gasteiger partial charge in [0.25, 0.3) is 0 Å². The van der Waals surface area contributed by atoms with E-state index in [1.54, 1.807) is 13.8 Å². The fourth-order valence-corrected chi connectivity index (χ4v) is 1.55. The third-order valence-electron chi connectivity index (χ3n) is 2.57. The number of nitriles is 1. The van der Waals surface area contributed by atoms with Crippen LogP contribution in [0.15, 0.2) is 30.3 Å². The minimum atomic E-state index is -0.869. The van der Waals surface area contributed by atoms with Crippen LogP contribution in [0.4, 0.5) is 0 Å². The molecular weight excluding hydrogens is 202 g/mol. The zero-order valence-electron chi connectivity index (χ0n) is 9.56. The van der Waals surface area contributed by atoms with Crippen molar-refractivity contribution in [2.24, 2.45) is 0 Å². The van der Waals surface area contributed by atoms with E-state index < -0.39 is 5.41 Å². The van der Waals surface area contributed by atoms with Crippen LogP contribution in [0.25, 0.3) is 0 Å². The van der Waals surface area contributed by atoms with E-state index >= 15 is 0 Å². The van der Waals surface area contributed by atoms with Gasteiger partial charge in [-0.1, -0.05) is 30.3 Å². The number of ether oxygens (including phenoxy) is 1. The molecule has 0 N–H and O–H groups in total. The fourth-order valence-electron chi connectivity index (χ4n) is 1.55. The van der Waals surface area contributed by atoms with Crippen LogP contribution in [0, 0.1) is 11.3 Å². The Labute approximate surface area is 95.7 Å². The topological polar surface area (TPSA) is 50.1 Å². The van der Waals surface area contributed by atoms with E-state index in [0.717, 1.165) is 5.56 Å². The molecule has 0 radical (unpaired) electrons. The maximum Gasteiger partial charge on any atom is 0.317 e. The first-order valence-corrected chi connectivity index (χ1v) is 5.25. The highest BCUT2D eigenvalue weighted by molar-refractivity contribution is 5.83. The van der Waals surface area contributed by atoms with Crippen molar-refractivity contribution >= 4 is 5.97 Å². The van der Waals surface area contributed by atoms with E-state index in [0.29, 0.717) is 6.61 Å². The van der Waals surface area contributed by atoms with Gasteiger partial charge in [0.15, 0.2) is 0 Å². The molecule has 1 aromatic rings. The van der Waals surface area contributed by atoms with Crippen molar-refractivity contribution in [2.75, 3.05) is 6.61 Å². The summed E-state index contributed by atoms with van der Waals surface area (Å²) in [6.07, 6.45) is 0.121. The highest BCUT2D eigenvalue weighted by atomic mass is 16.5. The number of esters is 1. The molecule has 3 heteroatoms. The van der Waals surface area contributed by atoms with E-state index in [1.807, 2.05) is 36.4 Å². The van der Waals surface area contributed by atoms with Gasteiger partial charge < -0.3 is 4.74 Å². The summed E-state index contributed by atoms with van der Waals surface area (Å²) in [4.78, 5) is 11.9. The summed E-state index contributed by atoms with van der Waals surface area (Å²) in [5, 5.41) is 8.82. The summed E-state index contributed by atoms with van der Waals surface area (Å²) in [5.41, 5.74) is -0.0542. The van der Waals surface area contributed by atoms with Crippen molar-refractivity contribution in [3.8, 4) is 6.07 Å². The predicted octanol–water partition coefficient (Wildman–Crippen LogP) is 2.42. The van der Waals surface area contributed by atoms with E-state index in [9.17, 15) is 4.79 Å². The number of hydrogen-bond acceptors (Lipinski definition) is 3. The van der Waals surface area contributed by atoms with Crippen LogP contribution in [0.1, 0.15) is 25.8 Å². The van der Waals surface area contributed by atoms with Crippen LogP contribution in [-0.2, 0) is 14.9 Å². The van der Waals surface area contributed by atoms with Crippen LogP contribution >= 0.6 is 0 Å². The van der Waals surface area contributed by atoms with Gasteiger partial charge in [-0.2, -0.15) is 5.26 Å². The Kier molecular flexibility index (Phi) is 4.07. The average molecular weight is 217 g/mol. The largest absolute Gasteiger partial charge is 0.465 e. The Morgan fingerprint density at radius 2 is 2.06 bits per heavy atom. The van der Waals surface area contributed by atoms with Crippen molar-refractivity contribution in [2.45, 2.75) is 25.7 Å². The highest BCUT2D eigenvalue weighted by Gasteiger charge is 2.36. The number of benzene rings is 1. The Morgan fingerprint density at radius 3 is 2.56 bits per heavy atom. The van der Waals surface area contributed by atoms with E-state index in [1.165, 1.54) is 0 Å². The Morgan fingerprint density at radius 1 is 1.44 bits per heavy atom. The zero-order valence-corrected chi connectivity index (χ0v) is 9.56. The van der Waals surface area contributed by atoms with E-state index in [2.05, 4.69) is 0 Å². The average Bonchev–Trinajstić information content (AvgIpc) is 2.30. The summed E-state index contributed by atoms with van der Waals surface area (Å²) in [6.45, 7) is 3.83. The third kappa shape index (κ3) is 2.40. The monoisotopic (exact) mass is 217 g/mol. The van der Waals surface area contributed by atoms with Crippen molar-refractivity contribution in [3.05, 3.63) is 35.9 Å². The fraction of sp³-hybridized carbons (Fsp3) is 0.385. The van der Waals surface area contributed by atoms with Gasteiger partial charge in [0.05, 0.1) is 19.1 Å². The lowest BCUT2D eigenvalue weighted by Gasteiger charge is -2.24. The Bertz CT molecular complexity index is 394. The normalized spacial score (nSPS) is 13.6. The molecule has 0 aliphatic carbocycles. The van der Waals surface area contributed by atoms with Crippen LogP contribution < -0.4 is 0 Å². The smallest absolute Gasteiger partial charge is 0.317 e. The lowest BCUT2D eigenvalue weighted by molar-refractivity contribution is -0.149. The third-order valence-corrected chi connectivity index (χ3v) is 2.57. The van der Waals surface area contributed by atoms with Gasteiger partial charge in [-0.15, -0.1) is 0 Å². The standard InChI is InChI=1S/C13H15NO2/c1-3-16-12(15)13(2,9-10-14)11-7-5-4-6-8-11/h4-8H,3,9H2,1-2H3. The highest BCUT2D eigenvalue weighted by Crippen LogP contribution is 2.28. The van der Waals surface area contributed by atoms with Crippen molar-refractivity contribution < 1.29 is 9.53 Å². The summed E-state index contributed by atoms with van der Waals surface area (Å²) in [5.74, 6) is -0.345. The number of carbonyl (C=O) groups excluding carboxylic acids is 1. The molecule has 84 valence electrons. The molecule has 0 fully saturated rings. The predicted molar refractivity (Wildman–Crippen MR) is 60.7 cm³/mol. The van der Waals surface area contributed by atoms with E-state index in [-0.39, 0.29) is 12.4 Å². The first kappa shape index (κ1) is 12.3. The van der Waals surface area contributed by atoms with Gasteiger partial charge in [-0.25, -0.2) is 0 Å². The number of hydrogen-bond donors (Lipinski definition) is 0.